The molecule has 3 heterocycles. The average molecular weight is 431 g/mol. The molecule has 2 aromatic rings. The fourth-order valence-corrected chi connectivity index (χ4v) is 4.98. The van der Waals surface area contributed by atoms with E-state index in [1.165, 1.54) is 4.88 Å². The van der Waals surface area contributed by atoms with E-state index in [1.807, 2.05) is 23.1 Å². The van der Waals surface area contributed by atoms with Gasteiger partial charge in [0.05, 0.1) is 32.1 Å². The zero-order valence-corrected chi connectivity index (χ0v) is 18.3. The van der Waals surface area contributed by atoms with Gasteiger partial charge in [0.1, 0.15) is 5.75 Å². The van der Waals surface area contributed by atoms with Crippen LogP contribution in [0.3, 0.4) is 0 Å². The third kappa shape index (κ3) is 4.88. The Morgan fingerprint density at radius 2 is 1.87 bits per heavy atom. The minimum Gasteiger partial charge on any atom is -0.495 e. The largest absolute Gasteiger partial charge is 0.495 e. The third-order valence-electron chi connectivity index (χ3n) is 5.80. The molecule has 8 heteroatoms. The highest BCUT2D eigenvalue weighted by molar-refractivity contribution is 7.10. The summed E-state index contributed by atoms with van der Waals surface area (Å²) in [5.41, 5.74) is 1.09. The molecule has 2 amide bonds. The monoisotopic (exact) mass is 430 g/mol. The van der Waals surface area contributed by atoms with Gasteiger partial charge in [-0.1, -0.05) is 18.2 Å². The van der Waals surface area contributed by atoms with E-state index < -0.39 is 0 Å². The van der Waals surface area contributed by atoms with Crippen LogP contribution in [-0.4, -0.2) is 82.0 Å². The number of urea groups is 1. The molecular formula is C22H30N4O3S. The van der Waals surface area contributed by atoms with Crippen LogP contribution in [0.25, 0.3) is 0 Å². The number of piperazine rings is 1. The molecule has 2 saturated heterocycles. The Hall–Kier alpha value is -2.29. The fraction of sp³-hybridized carbons (Fsp3) is 0.500. The number of hydrogen-bond donors (Lipinski definition) is 1. The molecule has 1 atom stereocenters. The first-order valence-corrected chi connectivity index (χ1v) is 11.4. The fourth-order valence-electron chi connectivity index (χ4n) is 4.12. The van der Waals surface area contributed by atoms with E-state index in [0.717, 1.165) is 50.8 Å². The van der Waals surface area contributed by atoms with Crippen molar-refractivity contribution in [3.8, 4) is 5.75 Å². The molecule has 1 aromatic heterocycles. The Morgan fingerprint density at radius 3 is 2.57 bits per heavy atom. The first-order valence-electron chi connectivity index (χ1n) is 10.5. The van der Waals surface area contributed by atoms with E-state index in [4.69, 9.17) is 9.47 Å². The summed E-state index contributed by atoms with van der Waals surface area (Å²) in [4.78, 5) is 20.8. The van der Waals surface area contributed by atoms with Crippen LogP contribution < -0.4 is 15.0 Å². The summed E-state index contributed by atoms with van der Waals surface area (Å²) in [6.45, 7) is 6.91. The molecule has 7 nitrogen and oxygen atoms in total. The van der Waals surface area contributed by atoms with Crippen molar-refractivity contribution in [2.75, 3.05) is 71.0 Å². The van der Waals surface area contributed by atoms with Crippen molar-refractivity contribution in [2.45, 2.75) is 6.04 Å². The van der Waals surface area contributed by atoms with Crippen molar-refractivity contribution >= 4 is 23.1 Å². The molecule has 162 valence electrons. The molecule has 30 heavy (non-hydrogen) atoms. The Morgan fingerprint density at radius 1 is 1.10 bits per heavy atom. The maximum Gasteiger partial charge on any atom is 0.317 e. The number of rotatable bonds is 6. The number of anilines is 1. The summed E-state index contributed by atoms with van der Waals surface area (Å²) in [5, 5.41) is 5.28. The number of para-hydroxylation sites is 2. The number of morpholine rings is 1. The van der Waals surface area contributed by atoms with E-state index in [1.54, 1.807) is 18.4 Å². The molecule has 2 aliphatic heterocycles. The standard InChI is InChI=1S/C22H30N4O3S/c1-28-20-6-3-2-5-18(20)24-8-10-26(11-9-24)22(27)23-17-19(21-7-4-16-30-21)25-12-14-29-15-13-25/h2-7,16,19H,8-15,17H2,1H3,(H,23,27). The lowest BCUT2D eigenvalue weighted by molar-refractivity contribution is 0.0172. The number of carbonyl (C=O) groups is 1. The predicted molar refractivity (Wildman–Crippen MR) is 120 cm³/mol. The maximum absolute atomic E-state index is 12.9. The van der Waals surface area contributed by atoms with Gasteiger partial charge in [0.2, 0.25) is 0 Å². The lowest BCUT2D eigenvalue weighted by Crippen LogP contribution is -2.53. The van der Waals surface area contributed by atoms with Gasteiger partial charge in [-0.25, -0.2) is 4.79 Å². The van der Waals surface area contributed by atoms with Gasteiger partial charge >= 0.3 is 6.03 Å². The first kappa shape index (κ1) is 21.0. The highest BCUT2D eigenvalue weighted by Crippen LogP contribution is 2.28. The average Bonchev–Trinajstić information content (AvgIpc) is 3.34. The minimum atomic E-state index is 0.0180. The number of hydrogen-bond acceptors (Lipinski definition) is 6. The molecule has 0 radical (unpaired) electrons. The van der Waals surface area contributed by atoms with Crippen LogP contribution >= 0.6 is 11.3 Å². The second kappa shape index (κ2) is 10.1. The number of thiophene rings is 1. The molecule has 2 aliphatic rings. The zero-order chi connectivity index (χ0) is 20.8. The number of nitrogens with one attached hydrogen (secondary N) is 1. The van der Waals surface area contributed by atoms with Crippen LogP contribution in [0.4, 0.5) is 10.5 Å². The molecule has 1 aromatic carbocycles. The smallest absolute Gasteiger partial charge is 0.317 e. The number of amides is 2. The van der Waals surface area contributed by atoms with Gasteiger partial charge < -0.3 is 24.6 Å². The number of carbonyl (C=O) groups excluding carboxylic acids is 1. The maximum atomic E-state index is 12.9. The molecule has 1 N–H and O–H groups in total. The highest BCUT2D eigenvalue weighted by Gasteiger charge is 2.26. The minimum absolute atomic E-state index is 0.0180. The van der Waals surface area contributed by atoms with E-state index in [0.29, 0.717) is 19.6 Å². The quantitative estimate of drug-likeness (QED) is 0.764. The van der Waals surface area contributed by atoms with Gasteiger partial charge in [-0.15, -0.1) is 11.3 Å². The highest BCUT2D eigenvalue weighted by atomic mass is 32.1. The summed E-state index contributed by atoms with van der Waals surface area (Å²) in [6, 6.07) is 12.5. The lowest BCUT2D eigenvalue weighted by atomic mass is 10.2. The SMILES string of the molecule is COc1ccccc1N1CCN(C(=O)NCC(c2cccs2)N2CCOCC2)CC1. The number of ether oxygens (including phenoxy) is 2. The van der Waals surface area contributed by atoms with Crippen molar-refractivity contribution in [3.63, 3.8) is 0 Å². The van der Waals surface area contributed by atoms with Gasteiger partial charge in [0.25, 0.3) is 0 Å². The van der Waals surface area contributed by atoms with E-state index >= 15 is 0 Å². The molecule has 0 saturated carbocycles. The normalized spacial score (nSPS) is 18.8. The molecule has 2 fully saturated rings. The molecule has 0 bridgehead atoms. The molecular weight excluding hydrogens is 400 g/mol. The Bertz CT molecular complexity index is 802. The van der Waals surface area contributed by atoms with Crippen molar-refractivity contribution in [2.24, 2.45) is 0 Å². The van der Waals surface area contributed by atoms with Gasteiger partial charge in [0.15, 0.2) is 0 Å². The third-order valence-corrected chi connectivity index (χ3v) is 6.77. The summed E-state index contributed by atoms with van der Waals surface area (Å²) in [6.07, 6.45) is 0. The lowest BCUT2D eigenvalue weighted by Gasteiger charge is -2.37. The predicted octanol–water partition coefficient (Wildman–Crippen LogP) is 2.66. The van der Waals surface area contributed by atoms with Crippen molar-refractivity contribution in [1.82, 2.24) is 15.1 Å². The van der Waals surface area contributed by atoms with Crippen LogP contribution in [0.5, 0.6) is 5.75 Å². The van der Waals surface area contributed by atoms with Gasteiger partial charge in [-0.05, 0) is 23.6 Å². The first-order chi connectivity index (χ1) is 14.8. The van der Waals surface area contributed by atoms with Gasteiger partial charge in [0, 0.05) is 50.7 Å². The molecule has 0 aliphatic carbocycles. The summed E-state index contributed by atoms with van der Waals surface area (Å²) < 4.78 is 11.0. The Balaban J connectivity index is 1.32. The van der Waals surface area contributed by atoms with Crippen LogP contribution in [0.2, 0.25) is 0 Å². The van der Waals surface area contributed by atoms with Gasteiger partial charge in [-0.2, -0.15) is 0 Å². The molecule has 4 rings (SSSR count). The topological polar surface area (TPSA) is 57.3 Å². The van der Waals surface area contributed by atoms with E-state index in [9.17, 15) is 4.79 Å². The summed E-state index contributed by atoms with van der Waals surface area (Å²) >= 11 is 1.75. The van der Waals surface area contributed by atoms with Crippen LogP contribution in [-0.2, 0) is 4.74 Å². The summed E-state index contributed by atoms with van der Waals surface area (Å²) in [5.74, 6) is 0.875. The van der Waals surface area contributed by atoms with Crippen LogP contribution in [0.15, 0.2) is 41.8 Å². The Kier molecular flexibility index (Phi) is 7.09. The van der Waals surface area contributed by atoms with Crippen molar-refractivity contribution in [3.05, 3.63) is 46.7 Å². The second-order valence-electron chi connectivity index (χ2n) is 7.51. The van der Waals surface area contributed by atoms with Crippen molar-refractivity contribution in [1.29, 1.82) is 0 Å². The van der Waals surface area contributed by atoms with E-state index in [-0.39, 0.29) is 12.1 Å². The van der Waals surface area contributed by atoms with Crippen molar-refractivity contribution < 1.29 is 14.3 Å². The zero-order valence-electron chi connectivity index (χ0n) is 17.5. The number of benzene rings is 1. The summed E-state index contributed by atoms with van der Waals surface area (Å²) in [7, 11) is 1.70. The van der Waals surface area contributed by atoms with Crippen LogP contribution in [0.1, 0.15) is 10.9 Å². The number of nitrogens with zero attached hydrogens (tertiary/aromatic N) is 3. The molecule has 0 spiro atoms. The van der Waals surface area contributed by atoms with Crippen LogP contribution in [0, 0.1) is 0 Å². The van der Waals surface area contributed by atoms with Gasteiger partial charge in [-0.3, -0.25) is 4.90 Å². The second-order valence-corrected chi connectivity index (χ2v) is 8.49. The molecule has 1 unspecified atom stereocenters. The van der Waals surface area contributed by atoms with E-state index in [2.05, 4.69) is 38.7 Å². The Labute approximate surface area is 182 Å². The number of methoxy groups -OCH3 is 1.